The summed E-state index contributed by atoms with van der Waals surface area (Å²) in [5.74, 6) is 0.677. The van der Waals surface area contributed by atoms with E-state index >= 15 is 0 Å². The van der Waals surface area contributed by atoms with Gasteiger partial charge in [0.15, 0.2) is 0 Å². The van der Waals surface area contributed by atoms with Crippen LogP contribution in [0.3, 0.4) is 0 Å². The van der Waals surface area contributed by atoms with Gasteiger partial charge in [0.1, 0.15) is 12.2 Å². The number of benzene rings is 1. The molecular weight excluding hydrogens is 290 g/mol. The Hall–Kier alpha value is -1.77. The highest BCUT2D eigenvalue weighted by molar-refractivity contribution is 7.89. The van der Waals surface area contributed by atoms with Gasteiger partial charge in [-0.25, -0.2) is 8.42 Å². The van der Waals surface area contributed by atoms with E-state index in [-0.39, 0.29) is 6.54 Å². The normalized spacial score (nSPS) is 15.9. The van der Waals surface area contributed by atoms with Gasteiger partial charge in [0, 0.05) is 19.6 Å². The summed E-state index contributed by atoms with van der Waals surface area (Å²) in [7, 11) is -1.72. The Bertz CT molecular complexity index is 741. The van der Waals surface area contributed by atoms with Crippen molar-refractivity contribution in [2.75, 3.05) is 13.6 Å². The molecule has 1 aromatic carbocycles. The summed E-state index contributed by atoms with van der Waals surface area (Å²) in [4.78, 5) is 0.354. The summed E-state index contributed by atoms with van der Waals surface area (Å²) >= 11 is 0. The van der Waals surface area contributed by atoms with Crippen molar-refractivity contribution in [3.05, 3.63) is 42.0 Å². The topological polar surface area (TPSA) is 80.1 Å². The quantitative estimate of drug-likeness (QED) is 0.873. The summed E-state index contributed by atoms with van der Waals surface area (Å²) in [5.41, 5.74) is 0.770. The molecule has 0 unspecified atom stereocenters. The highest BCUT2D eigenvalue weighted by atomic mass is 32.2. The van der Waals surface area contributed by atoms with Gasteiger partial charge in [0.25, 0.3) is 0 Å². The summed E-state index contributed by atoms with van der Waals surface area (Å²) in [6.45, 7) is 1.78. The van der Waals surface area contributed by atoms with E-state index in [2.05, 4.69) is 15.5 Å². The molecule has 0 saturated carbocycles. The third-order valence-corrected chi connectivity index (χ3v) is 5.51. The fourth-order valence-corrected chi connectivity index (χ4v) is 4.09. The van der Waals surface area contributed by atoms with Gasteiger partial charge in [0.2, 0.25) is 10.0 Å². The fourth-order valence-electron chi connectivity index (χ4n) is 2.48. The van der Waals surface area contributed by atoms with E-state index in [0.717, 1.165) is 5.56 Å². The molecule has 3 rings (SSSR count). The zero-order chi connectivity index (χ0) is 14.9. The van der Waals surface area contributed by atoms with Gasteiger partial charge in [-0.3, -0.25) is 0 Å². The highest BCUT2D eigenvalue weighted by Crippen LogP contribution is 2.23. The van der Waals surface area contributed by atoms with Crippen LogP contribution in [0.25, 0.3) is 0 Å². The molecule has 1 aromatic heterocycles. The third kappa shape index (κ3) is 2.57. The van der Waals surface area contributed by atoms with Crippen molar-refractivity contribution in [3.8, 4) is 0 Å². The van der Waals surface area contributed by atoms with Gasteiger partial charge in [0.05, 0.1) is 11.4 Å². The van der Waals surface area contributed by atoms with Crippen molar-refractivity contribution in [1.82, 2.24) is 24.4 Å². The van der Waals surface area contributed by atoms with Crippen molar-refractivity contribution in [1.29, 1.82) is 0 Å². The summed E-state index contributed by atoms with van der Waals surface area (Å²) in [6, 6.07) is 7.08. The van der Waals surface area contributed by atoms with Gasteiger partial charge in [-0.1, -0.05) is 18.2 Å². The van der Waals surface area contributed by atoms with Crippen molar-refractivity contribution < 1.29 is 8.42 Å². The molecule has 0 radical (unpaired) electrons. The molecule has 0 fully saturated rings. The predicted octanol–water partition coefficient (Wildman–Crippen LogP) is 0.202. The molecular formula is C13H17N5O2S. The van der Waals surface area contributed by atoms with E-state index in [1.807, 2.05) is 16.7 Å². The zero-order valence-electron chi connectivity index (χ0n) is 11.7. The van der Waals surface area contributed by atoms with E-state index in [4.69, 9.17) is 0 Å². The first-order chi connectivity index (χ1) is 10.1. The Balaban J connectivity index is 1.95. The summed E-state index contributed by atoms with van der Waals surface area (Å²) in [6.07, 6.45) is 1.63. The first-order valence-electron chi connectivity index (χ1n) is 6.72. The minimum absolute atomic E-state index is 0.260. The molecule has 1 N–H and O–H groups in total. The molecule has 0 bridgehead atoms. The average molecular weight is 307 g/mol. The van der Waals surface area contributed by atoms with Crippen molar-refractivity contribution in [2.24, 2.45) is 0 Å². The number of hydrogen-bond acceptors (Lipinski definition) is 5. The molecule has 2 aromatic rings. The largest absolute Gasteiger partial charge is 0.316 e. The molecule has 112 valence electrons. The number of fused-ring (bicyclic) bond motifs is 1. The van der Waals surface area contributed by atoms with Crippen LogP contribution in [0.1, 0.15) is 11.4 Å². The Kier molecular flexibility index (Phi) is 3.75. The average Bonchev–Trinajstić information content (AvgIpc) is 2.95. The van der Waals surface area contributed by atoms with Gasteiger partial charge in [-0.2, -0.15) is 4.31 Å². The van der Waals surface area contributed by atoms with E-state index < -0.39 is 10.0 Å². The van der Waals surface area contributed by atoms with Gasteiger partial charge >= 0.3 is 0 Å². The highest BCUT2D eigenvalue weighted by Gasteiger charge is 2.30. The Morgan fingerprint density at radius 3 is 2.90 bits per heavy atom. The maximum atomic E-state index is 12.9. The maximum absolute atomic E-state index is 12.9. The molecule has 0 spiro atoms. The smallest absolute Gasteiger partial charge is 0.243 e. The van der Waals surface area contributed by atoms with Crippen LogP contribution in [0.5, 0.6) is 0 Å². The lowest BCUT2D eigenvalue weighted by atomic mass is 10.2. The van der Waals surface area contributed by atoms with E-state index in [1.54, 1.807) is 25.5 Å². The van der Waals surface area contributed by atoms with Crippen LogP contribution in [0.2, 0.25) is 0 Å². The second-order valence-electron chi connectivity index (χ2n) is 4.92. The second kappa shape index (κ2) is 5.55. The molecule has 21 heavy (non-hydrogen) atoms. The Morgan fingerprint density at radius 1 is 1.29 bits per heavy atom. The van der Waals surface area contributed by atoms with Crippen LogP contribution in [0.4, 0.5) is 0 Å². The van der Waals surface area contributed by atoms with E-state index in [0.29, 0.717) is 30.4 Å². The molecule has 7 nitrogen and oxygen atoms in total. The molecule has 2 heterocycles. The number of hydrogen-bond donors (Lipinski definition) is 1. The molecule has 0 amide bonds. The lowest BCUT2D eigenvalue weighted by molar-refractivity contribution is 0.335. The monoisotopic (exact) mass is 307 g/mol. The van der Waals surface area contributed by atoms with Crippen LogP contribution in [-0.2, 0) is 29.7 Å². The minimum atomic E-state index is -3.52. The first kappa shape index (κ1) is 14.2. The summed E-state index contributed by atoms with van der Waals surface area (Å²) in [5, 5.41) is 10.8. The maximum Gasteiger partial charge on any atom is 0.243 e. The minimum Gasteiger partial charge on any atom is -0.316 e. The number of aromatic nitrogens is 3. The standard InChI is InChI=1S/C13H17N5O2S/c1-14-8-11-4-2-3-5-12(11)21(19,20)18-7-6-17-10-15-16-13(17)9-18/h2-5,10,14H,6-9H2,1H3. The molecule has 1 aliphatic heterocycles. The van der Waals surface area contributed by atoms with Gasteiger partial charge < -0.3 is 9.88 Å². The van der Waals surface area contributed by atoms with Crippen LogP contribution < -0.4 is 5.32 Å². The van der Waals surface area contributed by atoms with Crippen LogP contribution in [0.15, 0.2) is 35.5 Å². The van der Waals surface area contributed by atoms with Crippen molar-refractivity contribution in [3.63, 3.8) is 0 Å². The van der Waals surface area contributed by atoms with Gasteiger partial charge in [-0.05, 0) is 18.7 Å². The summed E-state index contributed by atoms with van der Waals surface area (Å²) < 4.78 is 29.1. The fraction of sp³-hybridized carbons (Fsp3) is 0.385. The number of sulfonamides is 1. The van der Waals surface area contributed by atoms with E-state index in [9.17, 15) is 8.42 Å². The van der Waals surface area contributed by atoms with Crippen molar-refractivity contribution >= 4 is 10.0 Å². The van der Waals surface area contributed by atoms with Crippen LogP contribution in [0, 0.1) is 0 Å². The van der Waals surface area contributed by atoms with Crippen molar-refractivity contribution in [2.45, 2.75) is 24.5 Å². The van der Waals surface area contributed by atoms with Crippen LogP contribution in [-0.4, -0.2) is 41.1 Å². The lowest BCUT2D eigenvalue weighted by Crippen LogP contribution is -2.38. The molecule has 0 aliphatic carbocycles. The SMILES string of the molecule is CNCc1ccccc1S(=O)(=O)N1CCn2cnnc2C1. The zero-order valence-corrected chi connectivity index (χ0v) is 12.5. The van der Waals surface area contributed by atoms with E-state index in [1.165, 1.54) is 4.31 Å². The number of nitrogens with zero attached hydrogens (tertiary/aromatic N) is 4. The molecule has 8 heteroatoms. The van der Waals surface area contributed by atoms with Crippen LogP contribution >= 0.6 is 0 Å². The third-order valence-electron chi connectivity index (χ3n) is 3.56. The van der Waals surface area contributed by atoms with Gasteiger partial charge in [-0.15, -0.1) is 10.2 Å². The Morgan fingerprint density at radius 2 is 2.10 bits per heavy atom. The predicted molar refractivity (Wildman–Crippen MR) is 76.8 cm³/mol. The Labute approximate surface area is 123 Å². The number of rotatable bonds is 4. The first-order valence-corrected chi connectivity index (χ1v) is 8.16. The molecule has 0 saturated heterocycles. The lowest BCUT2D eigenvalue weighted by Gasteiger charge is -2.27. The molecule has 0 atom stereocenters. The second-order valence-corrected chi connectivity index (χ2v) is 6.82. The molecule has 1 aliphatic rings. The number of nitrogens with one attached hydrogen (secondary N) is 1.